The van der Waals surface area contributed by atoms with Gasteiger partial charge in [-0.05, 0) is 42.5 Å². The predicted octanol–water partition coefficient (Wildman–Crippen LogP) is 5.36. The van der Waals surface area contributed by atoms with Crippen LogP contribution in [0.4, 0.5) is 0 Å². The molecule has 4 nitrogen and oxygen atoms in total. The number of rotatable bonds is 10. The van der Waals surface area contributed by atoms with E-state index < -0.39 is 0 Å². The van der Waals surface area contributed by atoms with Crippen molar-refractivity contribution in [3.05, 3.63) is 95.6 Å². The second kappa shape index (κ2) is 11.2. The van der Waals surface area contributed by atoms with E-state index in [4.69, 9.17) is 9.47 Å². The Labute approximate surface area is 185 Å². The number of amides is 1. The topological polar surface area (TPSA) is 47.6 Å². The predicted molar refractivity (Wildman–Crippen MR) is 125 cm³/mol. The molecule has 0 spiro atoms. The zero-order chi connectivity index (χ0) is 22.1. The van der Waals surface area contributed by atoms with Crippen molar-refractivity contribution < 1.29 is 14.3 Å². The molecule has 0 radical (unpaired) electrons. The number of hydrogen-bond acceptors (Lipinski definition) is 3. The van der Waals surface area contributed by atoms with Crippen LogP contribution in [0, 0.1) is 0 Å². The van der Waals surface area contributed by atoms with E-state index in [2.05, 4.69) is 29.6 Å². The monoisotopic (exact) mass is 417 g/mol. The molecule has 0 aliphatic rings. The van der Waals surface area contributed by atoms with Gasteiger partial charge in [0.25, 0.3) is 0 Å². The van der Waals surface area contributed by atoms with Crippen LogP contribution in [0.5, 0.6) is 11.5 Å². The van der Waals surface area contributed by atoms with Crippen LogP contribution in [0.1, 0.15) is 42.4 Å². The first-order valence-electron chi connectivity index (χ1n) is 10.7. The SMILES string of the molecule is COc1ccc(CCC(C)NC(=O)CC(c2ccccc2)c2ccccc2)c(OC)c1. The minimum atomic E-state index is 0.0382. The molecular formula is C27H31NO3. The van der Waals surface area contributed by atoms with Crippen molar-refractivity contribution in [2.45, 2.75) is 38.1 Å². The number of carbonyl (C=O) groups excluding carboxylic acids is 1. The minimum absolute atomic E-state index is 0.0382. The summed E-state index contributed by atoms with van der Waals surface area (Å²) < 4.78 is 10.7. The first kappa shape index (κ1) is 22.4. The third kappa shape index (κ3) is 6.35. The van der Waals surface area contributed by atoms with Gasteiger partial charge in [0.1, 0.15) is 11.5 Å². The molecule has 0 saturated carbocycles. The van der Waals surface area contributed by atoms with Crippen molar-refractivity contribution in [3.63, 3.8) is 0 Å². The van der Waals surface area contributed by atoms with Crippen LogP contribution in [0.2, 0.25) is 0 Å². The number of nitrogens with one attached hydrogen (secondary N) is 1. The summed E-state index contributed by atoms with van der Waals surface area (Å²) in [5.41, 5.74) is 3.41. The fraction of sp³-hybridized carbons (Fsp3) is 0.296. The van der Waals surface area contributed by atoms with E-state index >= 15 is 0 Å². The summed E-state index contributed by atoms with van der Waals surface area (Å²) in [4.78, 5) is 12.9. The molecule has 1 atom stereocenters. The third-order valence-electron chi connectivity index (χ3n) is 5.54. The highest BCUT2D eigenvalue weighted by Gasteiger charge is 2.19. The fourth-order valence-corrected chi connectivity index (χ4v) is 3.82. The zero-order valence-electron chi connectivity index (χ0n) is 18.5. The van der Waals surface area contributed by atoms with Crippen molar-refractivity contribution in [2.24, 2.45) is 0 Å². The van der Waals surface area contributed by atoms with Crippen LogP contribution < -0.4 is 14.8 Å². The van der Waals surface area contributed by atoms with Crippen LogP contribution >= 0.6 is 0 Å². The van der Waals surface area contributed by atoms with Gasteiger partial charge < -0.3 is 14.8 Å². The van der Waals surface area contributed by atoms with E-state index in [9.17, 15) is 4.79 Å². The average Bonchev–Trinajstić information content (AvgIpc) is 2.82. The van der Waals surface area contributed by atoms with E-state index in [1.807, 2.05) is 61.5 Å². The lowest BCUT2D eigenvalue weighted by Crippen LogP contribution is -2.33. The molecule has 1 unspecified atom stereocenters. The summed E-state index contributed by atoms with van der Waals surface area (Å²) in [7, 11) is 3.31. The van der Waals surface area contributed by atoms with Crippen molar-refractivity contribution in [1.29, 1.82) is 0 Å². The van der Waals surface area contributed by atoms with E-state index in [0.717, 1.165) is 41.0 Å². The third-order valence-corrected chi connectivity index (χ3v) is 5.54. The van der Waals surface area contributed by atoms with E-state index in [0.29, 0.717) is 6.42 Å². The molecule has 0 aliphatic carbocycles. The Morgan fingerprint density at radius 1 is 0.871 bits per heavy atom. The van der Waals surface area contributed by atoms with Gasteiger partial charge in [-0.2, -0.15) is 0 Å². The van der Waals surface area contributed by atoms with Crippen LogP contribution in [-0.4, -0.2) is 26.2 Å². The molecule has 31 heavy (non-hydrogen) atoms. The van der Waals surface area contributed by atoms with Gasteiger partial charge in [0.2, 0.25) is 5.91 Å². The lowest BCUT2D eigenvalue weighted by molar-refractivity contribution is -0.121. The first-order valence-corrected chi connectivity index (χ1v) is 10.7. The number of benzene rings is 3. The van der Waals surface area contributed by atoms with Crippen LogP contribution in [-0.2, 0) is 11.2 Å². The Balaban J connectivity index is 1.61. The molecule has 0 aliphatic heterocycles. The Morgan fingerprint density at radius 3 is 2.03 bits per heavy atom. The number of aryl methyl sites for hydroxylation is 1. The Hall–Kier alpha value is -3.27. The molecule has 0 bridgehead atoms. The average molecular weight is 418 g/mol. The maximum atomic E-state index is 12.9. The Kier molecular flexibility index (Phi) is 8.11. The highest BCUT2D eigenvalue weighted by Crippen LogP contribution is 2.28. The van der Waals surface area contributed by atoms with E-state index in [1.165, 1.54) is 0 Å². The summed E-state index contributed by atoms with van der Waals surface area (Å²) in [6.07, 6.45) is 2.06. The van der Waals surface area contributed by atoms with Gasteiger partial charge in [-0.15, -0.1) is 0 Å². The van der Waals surface area contributed by atoms with Crippen molar-refractivity contribution in [3.8, 4) is 11.5 Å². The second-order valence-corrected chi connectivity index (χ2v) is 7.76. The van der Waals surface area contributed by atoms with Crippen molar-refractivity contribution in [2.75, 3.05) is 14.2 Å². The normalized spacial score (nSPS) is 11.7. The Morgan fingerprint density at radius 2 is 1.48 bits per heavy atom. The van der Waals surface area contributed by atoms with Gasteiger partial charge >= 0.3 is 0 Å². The summed E-state index contributed by atoms with van der Waals surface area (Å²) >= 11 is 0. The molecule has 1 amide bonds. The number of carbonyl (C=O) groups is 1. The highest BCUT2D eigenvalue weighted by molar-refractivity contribution is 5.77. The van der Waals surface area contributed by atoms with Crippen molar-refractivity contribution >= 4 is 5.91 Å². The molecule has 0 heterocycles. The van der Waals surface area contributed by atoms with Crippen LogP contribution in [0.3, 0.4) is 0 Å². The second-order valence-electron chi connectivity index (χ2n) is 7.76. The summed E-state index contributed by atoms with van der Waals surface area (Å²) in [6, 6.07) is 26.4. The van der Waals surface area contributed by atoms with E-state index in [1.54, 1.807) is 14.2 Å². The highest BCUT2D eigenvalue weighted by atomic mass is 16.5. The number of hydrogen-bond donors (Lipinski definition) is 1. The van der Waals surface area contributed by atoms with Crippen LogP contribution in [0.15, 0.2) is 78.9 Å². The lowest BCUT2D eigenvalue weighted by Gasteiger charge is -2.20. The maximum Gasteiger partial charge on any atom is 0.221 e. The Bertz CT molecular complexity index is 917. The lowest BCUT2D eigenvalue weighted by atomic mass is 9.88. The quantitative estimate of drug-likeness (QED) is 0.483. The fourth-order valence-electron chi connectivity index (χ4n) is 3.82. The number of methoxy groups -OCH3 is 2. The van der Waals surface area contributed by atoms with Crippen LogP contribution in [0.25, 0.3) is 0 Å². The largest absolute Gasteiger partial charge is 0.497 e. The molecule has 162 valence electrons. The first-order chi connectivity index (χ1) is 15.1. The molecule has 0 aromatic heterocycles. The van der Waals surface area contributed by atoms with Gasteiger partial charge in [-0.25, -0.2) is 0 Å². The summed E-state index contributed by atoms with van der Waals surface area (Å²) in [5, 5.41) is 3.18. The molecule has 3 aromatic carbocycles. The molecule has 3 rings (SSSR count). The van der Waals surface area contributed by atoms with Gasteiger partial charge in [0, 0.05) is 24.4 Å². The molecule has 0 saturated heterocycles. The van der Waals surface area contributed by atoms with Crippen molar-refractivity contribution in [1.82, 2.24) is 5.32 Å². The minimum Gasteiger partial charge on any atom is -0.497 e. The van der Waals surface area contributed by atoms with Gasteiger partial charge in [0.05, 0.1) is 14.2 Å². The van der Waals surface area contributed by atoms with E-state index in [-0.39, 0.29) is 17.9 Å². The summed E-state index contributed by atoms with van der Waals surface area (Å²) in [6.45, 7) is 2.05. The molecule has 0 fully saturated rings. The molecule has 1 N–H and O–H groups in total. The number of ether oxygens (including phenoxy) is 2. The molecule has 3 aromatic rings. The maximum absolute atomic E-state index is 12.9. The molecule has 4 heteroatoms. The van der Waals surface area contributed by atoms with Gasteiger partial charge in [-0.3, -0.25) is 4.79 Å². The molecular weight excluding hydrogens is 386 g/mol. The summed E-state index contributed by atoms with van der Waals surface area (Å²) in [5.74, 6) is 1.68. The van der Waals surface area contributed by atoms with Gasteiger partial charge in [0.15, 0.2) is 0 Å². The zero-order valence-corrected chi connectivity index (χ0v) is 18.5. The standard InChI is InChI=1S/C27H31NO3/c1-20(14-15-23-16-17-24(30-2)18-26(23)31-3)28-27(29)19-25(21-10-6-4-7-11-21)22-12-8-5-9-13-22/h4-13,16-18,20,25H,14-15,19H2,1-3H3,(H,28,29). The van der Waals surface area contributed by atoms with Gasteiger partial charge in [-0.1, -0.05) is 66.7 Å². The smallest absolute Gasteiger partial charge is 0.221 e.